The van der Waals surface area contributed by atoms with Gasteiger partial charge in [0.2, 0.25) is 0 Å². The van der Waals surface area contributed by atoms with E-state index in [2.05, 4.69) is 0 Å². The van der Waals surface area contributed by atoms with Crippen molar-refractivity contribution in [1.29, 1.82) is 0 Å². The van der Waals surface area contributed by atoms with Gasteiger partial charge in [-0.2, -0.15) is 0 Å². The fraction of sp³-hybridized carbons (Fsp3) is 0.333. The quantitative estimate of drug-likeness (QED) is 0.791. The van der Waals surface area contributed by atoms with Crippen molar-refractivity contribution in [2.75, 3.05) is 6.54 Å². The van der Waals surface area contributed by atoms with Crippen LogP contribution in [0.1, 0.15) is 12.5 Å². The average Bonchev–Trinajstić information content (AvgIpc) is 2.53. The zero-order valence-corrected chi connectivity index (χ0v) is 11.3. The molecule has 5 heteroatoms. The summed E-state index contributed by atoms with van der Waals surface area (Å²) in [6.45, 7) is 2.28. The average molecular weight is 275 g/mol. The summed E-state index contributed by atoms with van der Waals surface area (Å²) in [7, 11) is 0. The fourth-order valence-electron chi connectivity index (χ4n) is 1.82. The highest BCUT2D eigenvalue weighted by Crippen LogP contribution is 2.14. The number of hydrogen-bond acceptors (Lipinski definition) is 4. The maximum Gasteiger partial charge on any atom is 0.414 e. The second-order valence-electron chi connectivity index (χ2n) is 4.65. The fourth-order valence-corrected chi connectivity index (χ4v) is 1.82. The van der Waals surface area contributed by atoms with Crippen molar-refractivity contribution < 1.29 is 19.1 Å². The van der Waals surface area contributed by atoms with E-state index < -0.39 is 6.09 Å². The molecule has 0 fully saturated rings. The Kier molecular flexibility index (Phi) is 4.76. The van der Waals surface area contributed by atoms with Crippen molar-refractivity contribution in [3.05, 3.63) is 48.4 Å². The standard InChI is InChI=1S/C15H17NO4/c1-12(10-17)14-9-16(7-8-19-14)15(18)20-11-13-5-3-2-4-6-13/h2-8,10,12,14H,9,11H2,1H3. The molecule has 0 spiro atoms. The maximum absolute atomic E-state index is 11.9. The van der Waals surface area contributed by atoms with E-state index in [1.807, 2.05) is 30.3 Å². The monoisotopic (exact) mass is 275 g/mol. The molecule has 1 aromatic rings. The van der Waals surface area contributed by atoms with E-state index in [4.69, 9.17) is 9.47 Å². The van der Waals surface area contributed by atoms with Gasteiger partial charge in [-0.15, -0.1) is 0 Å². The molecule has 1 aliphatic heterocycles. The van der Waals surface area contributed by atoms with Crippen molar-refractivity contribution in [2.45, 2.75) is 19.6 Å². The predicted octanol–water partition coefficient (Wildman–Crippen LogP) is 2.33. The summed E-state index contributed by atoms with van der Waals surface area (Å²) in [4.78, 5) is 24.1. The molecule has 0 aliphatic carbocycles. The molecule has 106 valence electrons. The van der Waals surface area contributed by atoms with Crippen LogP contribution in [0.2, 0.25) is 0 Å². The topological polar surface area (TPSA) is 55.8 Å². The van der Waals surface area contributed by atoms with Crippen molar-refractivity contribution in [3.8, 4) is 0 Å². The zero-order chi connectivity index (χ0) is 14.4. The van der Waals surface area contributed by atoms with Crippen LogP contribution in [-0.2, 0) is 20.9 Å². The molecule has 2 unspecified atom stereocenters. The molecule has 0 N–H and O–H groups in total. The van der Waals surface area contributed by atoms with E-state index in [1.165, 1.54) is 17.4 Å². The van der Waals surface area contributed by atoms with Gasteiger partial charge < -0.3 is 14.3 Å². The van der Waals surface area contributed by atoms with Gasteiger partial charge in [-0.3, -0.25) is 4.90 Å². The van der Waals surface area contributed by atoms with Gasteiger partial charge in [-0.05, 0) is 5.56 Å². The number of rotatable bonds is 4. The molecule has 0 bridgehead atoms. The molecule has 0 radical (unpaired) electrons. The Morgan fingerprint density at radius 3 is 2.95 bits per heavy atom. The van der Waals surface area contributed by atoms with E-state index in [0.717, 1.165) is 11.8 Å². The Morgan fingerprint density at radius 1 is 1.50 bits per heavy atom. The molecule has 1 heterocycles. The lowest BCUT2D eigenvalue weighted by atomic mass is 10.1. The maximum atomic E-state index is 11.9. The molecular weight excluding hydrogens is 258 g/mol. The molecule has 2 rings (SSSR count). The second-order valence-corrected chi connectivity index (χ2v) is 4.65. The van der Waals surface area contributed by atoms with E-state index in [-0.39, 0.29) is 18.6 Å². The molecule has 1 aromatic carbocycles. The van der Waals surface area contributed by atoms with Gasteiger partial charge in [0.25, 0.3) is 0 Å². The summed E-state index contributed by atoms with van der Waals surface area (Å²) in [6.07, 6.45) is 2.97. The molecule has 5 nitrogen and oxygen atoms in total. The van der Waals surface area contributed by atoms with E-state index in [1.54, 1.807) is 6.92 Å². The highest BCUT2D eigenvalue weighted by atomic mass is 16.6. The first-order valence-corrected chi connectivity index (χ1v) is 6.45. The Morgan fingerprint density at radius 2 is 2.25 bits per heavy atom. The minimum atomic E-state index is -0.448. The summed E-state index contributed by atoms with van der Waals surface area (Å²) in [5, 5.41) is 0. The summed E-state index contributed by atoms with van der Waals surface area (Å²) in [5.41, 5.74) is 0.927. The Balaban J connectivity index is 1.88. The van der Waals surface area contributed by atoms with Crippen LogP contribution in [0.3, 0.4) is 0 Å². The summed E-state index contributed by atoms with van der Waals surface area (Å²) >= 11 is 0. The Hall–Kier alpha value is -2.30. The van der Waals surface area contributed by atoms with E-state index >= 15 is 0 Å². The lowest BCUT2D eigenvalue weighted by Gasteiger charge is -2.29. The molecule has 1 amide bonds. The summed E-state index contributed by atoms with van der Waals surface area (Å²) < 4.78 is 10.5. The smallest absolute Gasteiger partial charge is 0.414 e. The van der Waals surface area contributed by atoms with Gasteiger partial charge in [0, 0.05) is 6.20 Å². The van der Waals surface area contributed by atoms with Crippen molar-refractivity contribution >= 4 is 12.4 Å². The molecule has 0 aromatic heterocycles. The predicted molar refractivity (Wildman–Crippen MR) is 72.6 cm³/mol. The number of benzene rings is 1. The first kappa shape index (κ1) is 14.1. The van der Waals surface area contributed by atoms with Gasteiger partial charge >= 0.3 is 6.09 Å². The van der Waals surface area contributed by atoms with Crippen LogP contribution >= 0.6 is 0 Å². The number of amides is 1. The third-order valence-corrected chi connectivity index (χ3v) is 3.11. The minimum Gasteiger partial charge on any atom is -0.494 e. The number of ether oxygens (including phenoxy) is 2. The van der Waals surface area contributed by atoms with Gasteiger partial charge in [0.1, 0.15) is 19.0 Å². The highest BCUT2D eigenvalue weighted by Gasteiger charge is 2.26. The largest absolute Gasteiger partial charge is 0.494 e. The Bertz CT molecular complexity index is 486. The molecular formula is C15H17NO4. The molecule has 20 heavy (non-hydrogen) atoms. The molecule has 1 aliphatic rings. The second kappa shape index (κ2) is 6.75. The first-order valence-electron chi connectivity index (χ1n) is 6.45. The summed E-state index contributed by atoms with van der Waals surface area (Å²) in [6, 6.07) is 9.46. The molecule has 0 saturated carbocycles. The number of carbonyl (C=O) groups is 2. The zero-order valence-electron chi connectivity index (χ0n) is 11.3. The van der Waals surface area contributed by atoms with Crippen LogP contribution in [0.25, 0.3) is 0 Å². The van der Waals surface area contributed by atoms with Crippen molar-refractivity contribution in [1.82, 2.24) is 4.90 Å². The van der Waals surface area contributed by atoms with Crippen LogP contribution in [0.4, 0.5) is 4.79 Å². The number of carbonyl (C=O) groups excluding carboxylic acids is 2. The first-order chi connectivity index (χ1) is 9.70. The SMILES string of the molecule is CC(C=O)C1CN(C(=O)OCc2ccccc2)C=CO1. The lowest BCUT2D eigenvalue weighted by Crippen LogP contribution is -2.40. The normalized spacial score (nSPS) is 19.1. The van der Waals surface area contributed by atoms with E-state index in [0.29, 0.717) is 6.54 Å². The van der Waals surface area contributed by atoms with Crippen LogP contribution in [0.5, 0.6) is 0 Å². The van der Waals surface area contributed by atoms with Crippen LogP contribution in [0.15, 0.2) is 42.8 Å². The highest BCUT2D eigenvalue weighted by molar-refractivity contribution is 5.69. The number of hydrogen-bond donors (Lipinski definition) is 0. The Labute approximate surface area is 117 Å². The van der Waals surface area contributed by atoms with Crippen LogP contribution in [0, 0.1) is 5.92 Å². The van der Waals surface area contributed by atoms with Gasteiger partial charge in [0.05, 0.1) is 18.7 Å². The third-order valence-electron chi connectivity index (χ3n) is 3.11. The minimum absolute atomic E-state index is 0.221. The molecule has 0 saturated heterocycles. The summed E-state index contributed by atoms with van der Waals surface area (Å²) in [5.74, 6) is -0.274. The lowest BCUT2D eigenvalue weighted by molar-refractivity contribution is -0.114. The van der Waals surface area contributed by atoms with Crippen LogP contribution in [-0.4, -0.2) is 29.9 Å². The van der Waals surface area contributed by atoms with Crippen molar-refractivity contribution in [3.63, 3.8) is 0 Å². The molecule has 2 atom stereocenters. The number of nitrogens with zero attached hydrogens (tertiary/aromatic N) is 1. The van der Waals surface area contributed by atoms with E-state index in [9.17, 15) is 9.59 Å². The third kappa shape index (κ3) is 3.60. The number of aldehydes is 1. The van der Waals surface area contributed by atoms with Gasteiger partial charge in [0.15, 0.2) is 0 Å². The van der Waals surface area contributed by atoms with Gasteiger partial charge in [-0.1, -0.05) is 37.3 Å². The van der Waals surface area contributed by atoms with Crippen LogP contribution < -0.4 is 0 Å². The van der Waals surface area contributed by atoms with Crippen molar-refractivity contribution in [2.24, 2.45) is 5.92 Å². The van der Waals surface area contributed by atoms with Gasteiger partial charge in [-0.25, -0.2) is 4.79 Å².